The van der Waals surface area contributed by atoms with E-state index in [1.165, 1.54) is 24.3 Å². The van der Waals surface area contributed by atoms with Crippen LogP contribution in [0.1, 0.15) is 78.7 Å². The van der Waals surface area contributed by atoms with Crippen LogP contribution in [0.25, 0.3) is 11.5 Å². The number of rotatable bonds is 12. The normalized spacial score (nSPS) is 13.7. The molecule has 0 bridgehead atoms. The van der Waals surface area contributed by atoms with Crippen LogP contribution in [0.2, 0.25) is 0 Å². The van der Waals surface area contributed by atoms with E-state index in [1.54, 1.807) is 27.7 Å². The van der Waals surface area contributed by atoms with E-state index >= 15 is 0 Å². The van der Waals surface area contributed by atoms with E-state index in [0.717, 1.165) is 25.0 Å². The SMILES string of the molecule is C[C@H](NC(=O)OC(C)(C)C)c1oc(-c2ccc(OC(F)F)c(OCC3CC3)c2)nc1CNC(=O)c1cccc(C(=O)O)c1F. The van der Waals surface area contributed by atoms with Crippen molar-refractivity contribution < 1.29 is 51.3 Å². The lowest BCUT2D eigenvalue weighted by Crippen LogP contribution is -2.34. The second kappa shape index (κ2) is 13.3. The van der Waals surface area contributed by atoms with Crippen LogP contribution in [0.15, 0.2) is 40.8 Å². The summed E-state index contributed by atoms with van der Waals surface area (Å²) in [5.41, 5.74) is -1.50. The molecule has 0 unspecified atom stereocenters. The second-order valence-electron chi connectivity index (χ2n) is 11.1. The number of alkyl carbamates (subject to hydrolysis) is 1. The highest BCUT2D eigenvalue weighted by Crippen LogP contribution is 2.37. The molecule has 1 saturated carbocycles. The molecule has 2 amide bonds. The number of halogens is 3. The number of hydrogen-bond donors (Lipinski definition) is 3. The lowest BCUT2D eigenvalue weighted by molar-refractivity contribution is -0.0515. The van der Waals surface area contributed by atoms with Crippen molar-refractivity contribution in [1.82, 2.24) is 15.6 Å². The van der Waals surface area contributed by atoms with Crippen molar-refractivity contribution >= 4 is 18.0 Å². The number of hydrogen-bond acceptors (Lipinski definition) is 8. The predicted octanol–water partition coefficient (Wildman–Crippen LogP) is 6.08. The summed E-state index contributed by atoms with van der Waals surface area (Å²) in [5.74, 6) is -3.34. The van der Waals surface area contributed by atoms with Gasteiger partial charge in [-0.25, -0.2) is 19.0 Å². The van der Waals surface area contributed by atoms with Crippen LogP contribution < -0.4 is 20.1 Å². The number of oxazole rings is 1. The molecular weight excluding hydrogens is 587 g/mol. The number of amides is 2. The van der Waals surface area contributed by atoms with Gasteiger partial charge in [-0.05, 0) is 76.8 Å². The van der Waals surface area contributed by atoms with E-state index in [-0.39, 0.29) is 35.4 Å². The van der Waals surface area contributed by atoms with E-state index in [1.807, 2.05) is 0 Å². The average Bonchev–Trinajstić information content (AvgIpc) is 3.66. The summed E-state index contributed by atoms with van der Waals surface area (Å²) in [5, 5.41) is 14.3. The Kier molecular flexibility index (Phi) is 9.70. The van der Waals surface area contributed by atoms with Crippen LogP contribution in [0.4, 0.5) is 18.0 Å². The molecule has 11 nitrogen and oxygen atoms in total. The number of nitrogens with zero attached hydrogens (tertiary/aromatic N) is 1. The number of aromatic carboxylic acids is 1. The standard InChI is InChI=1S/C30H32F3N3O8/c1-15(35-29(40)44-30(2,3)4)24-20(13-34-25(37)18-6-5-7-19(23(18)31)27(38)39)36-26(43-24)17-10-11-21(42-28(32)33)22(12-17)41-14-16-8-9-16/h5-7,10-12,15-16,28H,8-9,13-14H2,1-4H3,(H,34,37)(H,35,40)(H,38,39)/t15-/m0/s1. The quantitative estimate of drug-likeness (QED) is 0.219. The van der Waals surface area contributed by atoms with Crippen molar-refractivity contribution in [3.05, 3.63) is 64.8 Å². The van der Waals surface area contributed by atoms with Crippen LogP contribution >= 0.6 is 0 Å². The van der Waals surface area contributed by atoms with Crippen LogP contribution in [-0.2, 0) is 11.3 Å². The van der Waals surface area contributed by atoms with Gasteiger partial charge in [0.1, 0.15) is 17.1 Å². The summed E-state index contributed by atoms with van der Waals surface area (Å²) in [6.45, 7) is 3.57. The van der Waals surface area contributed by atoms with E-state index in [9.17, 15) is 32.7 Å². The fraction of sp³-hybridized carbons (Fsp3) is 0.400. The fourth-order valence-electron chi connectivity index (χ4n) is 4.07. The maximum absolute atomic E-state index is 14.7. The van der Waals surface area contributed by atoms with Crippen molar-refractivity contribution in [3.8, 4) is 23.0 Å². The summed E-state index contributed by atoms with van der Waals surface area (Å²) < 4.78 is 62.3. The van der Waals surface area contributed by atoms with Crippen LogP contribution in [0, 0.1) is 11.7 Å². The van der Waals surface area contributed by atoms with Gasteiger partial charge in [0.2, 0.25) is 5.89 Å². The summed E-state index contributed by atoms with van der Waals surface area (Å²) in [6.07, 6.45) is 1.18. The van der Waals surface area contributed by atoms with Crippen LogP contribution in [-0.4, -0.2) is 46.9 Å². The Balaban J connectivity index is 1.64. The first-order chi connectivity index (χ1) is 20.7. The third-order valence-electron chi connectivity index (χ3n) is 6.32. The molecule has 1 atom stereocenters. The van der Waals surface area contributed by atoms with Crippen molar-refractivity contribution in [2.24, 2.45) is 5.92 Å². The molecule has 2 aromatic carbocycles. The Labute approximate surface area is 250 Å². The van der Waals surface area contributed by atoms with Gasteiger partial charge in [-0.3, -0.25) is 4.79 Å². The Hall–Kier alpha value is -4.75. The summed E-state index contributed by atoms with van der Waals surface area (Å²) >= 11 is 0. The Morgan fingerprint density at radius 1 is 1.11 bits per heavy atom. The lowest BCUT2D eigenvalue weighted by Gasteiger charge is -2.21. The van der Waals surface area contributed by atoms with Gasteiger partial charge < -0.3 is 34.4 Å². The van der Waals surface area contributed by atoms with Gasteiger partial charge in [-0.15, -0.1) is 0 Å². The maximum Gasteiger partial charge on any atom is 0.408 e. The first kappa shape index (κ1) is 32.2. The molecule has 44 heavy (non-hydrogen) atoms. The Morgan fingerprint density at radius 2 is 1.82 bits per heavy atom. The fourth-order valence-corrected chi connectivity index (χ4v) is 4.07. The van der Waals surface area contributed by atoms with Gasteiger partial charge in [-0.1, -0.05) is 6.07 Å². The Bertz CT molecular complexity index is 1530. The van der Waals surface area contributed by atoms with Crippen LogP contribution in [0.5, 0.6) is 11.5 Å². The first-order valence-corrected chi connectivity index (χ1v) is 13.7. The molecular formula is C30H32F3N3O8. The highest BCUT2D eigenvalue weighted by atomic mass is 19.3. The maximum atomic E-state index is 14.7. The van der Waals surface area contributed by atoms with E-state index in [2.05, 4.69) is 20.4 Å². The molecule has 3 aromatic rings. The first-order valence-electron chi connectivity index (χ1n) is 13.7. The number of nitrogens with one attached hydrogen (secondary N) is 2. The highest BCUT2D eigenvalue weighted by Gasteiger charge is 2.27. The summed E-state index contributed by atoms with van der Waals surface area (Å²) in [7, 11) is 0. The van der Waals surface area contributed by atoms with Gasteiger partial charge >= 0.3 is 18.7 Å². The Morgan fingerprint density at radius 3 is 2.45 bits per heavy atom. The second-order valence-corrected chi connectivity index (χ2v) is 11.1. The molecule has 14 heteroatoms. The molecule has 1 aliphatic carbocycles. The molecule has 1 aromatic heterocycles. The zero-order valence-electron chi connectivity index (χ0n) is 24.4. The molecule has 0 radical (unpaired) electrons. The number of carboxylic acid groups (broad SMARTS) is 1. The van der Waals surface area contributed by atoms with E-state index in [0.29, 0.717) is 18.1 Å². The monoisotopic (exact) mass is 619 g/mol. The minimum atomic E-state index is -3.08. The number of carbonyl (C=O) groups is 3. The van der Waals surface area contributed by atoms with Crippen molar-refractivity contribution in [3.63, 3.8) is 0 Å². The van der Waals surface area contributed by atoms with Gasteiger partial charge in [-0.2, -0.15) is 8.78 Å². The highest BCUT2D eigenvalue weighted by molar-refractivity contribution is 5.97. The zero-order chi connectivity index (χ0) is 32.2. The smallest absolute Gasteiger partial charge is 0.408 e. The topological polar surface area (TPSA) is 149 Å². The molecule has 1 fully saturated rings. The molecule has 1 heterocycles. The van der Waals surface area contributed by atoms with Crippen LogP contribution in [0.3, 0.4) is 0 Å². The molecule has 236 valence electrons. The third kappa shape index (κ3) is 8.42. The number of carbonyl (C=O) groups excluding carboxylic acids is 2. The molecule has 0 aliphatic heterocycles. The molecule has 0 saturated heterocycles. The van der Waals surface area contributed by atoms with E-state index < -0.39 is 53.2 Å². The van der Waals surface area contributed by atoms with Crippen molar-refractivity contribution in [2.45, 2.75) is 65.3 Å². The van der Waals surface area contributed by atoms with Crippen molar-refractivity contribution in [1.29, 1.82) is 0 Å². The number of carboxylic acids is 1. The van der Waals surface area contributed by atoms with Crippen molar-refractivity contribution in [2.75, 3.05) is 6.61 Å². The molecule has 1 aliphatic rings. The number of ether oxygens (including phenoxy) is 3. The zero-order valence-corrected chi connectivity index (χ0v) is 24.4. The minimum absolute atomic E-state index is 0.000937. The summed E-state index contributed by atoms with van der Waals surface area (Å²) in [6, 6.07) is 6.70. The van der Waals surface area contributed by atoms with Gasteiger partial charge in [0, 0.05) is 5.56 Å². The molecule has 4 rings (SSSR count). The van der Waals surface area contributed by atoms with Gasteiger partial charge in [0.05, 0.1) is 30.3 Å². The molecule has 3 N–H and O–H groups in total. The largest absolute Gasteiger partial charge is 0.489 e. The third-order valence-corrected chi connectivity index (χ3v) is 6.32. The van der Waals surface area contributed by atoms with Gasteiger partial charge in [0.15, 0.2) is 17.3 Å². The average molecular weight is 620 g/mol. The van der Waals surface area contributed by atoms with E-state index in [4.69, 9.17) is 13.9 Å². The lowest BCUT2D eigenvalue weighted by atomic mass is 10.1. The number of aromatic nitrogens is 1. The number of alkyl halides is 2. The number of benzene rings is 2. The summed E-state index contributed by atoms with van der Waals surface area (Å²) in [4.78, 5) is 41.0. The molecule has 0 spiro atoms. The minimum Gasteiger partial charge on any atom is -0.489 e. The van der Waals surface area contributed by atoms with Gasteiger partial charge in [0.25, 0.3) is 5.91 Å². The predicted molar refractivity (Wildman–Crippen MR) is 149 cm³/mol.